The lowest BCUT2D eigenvalue weighted by Crippen LogP contribution is -2.44. The van der Waals surface area contributed by atoms with E-state index in [0.717, 1.165) is 48.1 Å². The number of allylic oxidation sites excluding steroid dienone is 1. The van der Waals surface area contributed by atoms with Gasteiger partial charge in [0.05, 0.1) is 11.4 Å². The van der Waals surface area contributed by atoms with E-state index in [1.165, 1.54) is 11.0 Å². The zero-order chi connectivity index (χ0) is 16.0. The second-order valence-electron chi connectivity index (χ2n) is 6.21. The van der Waals surface area contributed by atoms with Gasteiger partial charge in [-0.15, -0.1) is 0 Å². The van der Waals surface area contributed by atoms with Crippen molar-refractivity contribution < 1.29 is 14.0 Å². The van der Waals surface area contributed by atoms with Crippen LogP contribution >= 0.6 is 0 Å². The van der Waals surface area contributed by atoms with Crippen LogP contribution in [0, 0.1) is 5.82 Å². The smallest absolute Gasteiger partial charge is 0.228 e. The fraction of sp³-hybridized carbons (Fsp3) is 0.389. The van der Waals surface area contributed by atoms with E-state index >= 15 is 0 Å². The SMILES string of the molecule is O=C1CN=C(c2ccc(F)c(N3CCC3=O)c2)C2=C1CCCC2. The van der Waals surface area contributed by atoms with Crippen LogP contribution in [0.1, 0.15) is 37.7 Å². The summed E-state index contributed by atoms with van der Waals surface area (Å²) in [6, 6.07) is 4.77. The molecule has 0 bridgehead atoms. The van der Waals surface area contributed by atoms with Gasteiger partial charge in [-0.1, -0.05) is 0 Å². The van der Waals surface area contributed by atoms with Crippen molar-refractivity contribution in [3.05, 3.63) is 40.7 Å². The van der Waals surface area contributed by atoms with Gasteiger partial charge in [0.25, 0.3) is 0 Å². The number of benzene rings is 1. The van der Waals surface area contributed by atoms with Crippen LogP contribution < -0.4 is 4.90 Å². The Morgan fingerprint density at radius 1 is 1.04 bits per heavy atom. The van der Waals surface area contributed by atoms with Gasteiger partial charge in [-0.25, -0.2) is 4.39 Å². The molecular weight excluding hydrogens is 295 g/mol. The average Bonchev–Trinajstić information content (AvgIpc) is 2.56. The normalized spacial score (nSPS) is 21.1. The molecule has 1 saturated heterocycles. The van der Waals surface area contributed by atoms with Crippen molar-refractivity contribution in [3.63, 3.8) is 0 Å². The molecule has 0 radical (unpaired) electrons. The summed E-state index contributed by atoms with van der Waals surface area (Å²) in [5.41, 5.74) is 3.82. The summed E-state index contributed by atoms with van der Waals surface area (Å²) in [6.07, 6.45) is 4.20. The third kappa shape index (κ3) is 2.31. The first-order valence-electron chi connectivity index (χ1n) is 8.05. The first-order valence-corrected chi connectivity index (χ1v) is 8.05. The minimum Gasteiger partial charge on any atom is -0.309 e. The van der Waals surface area contributed by atoms with E-state index in [9.17, 15) is 14.0 Å². The molecule has 1 aromatic carbocycles. The Hall–Kier alpha value is -2.30. The van der Waals surface area contributed by atoms with E-state index in [2.05, 4.69) is 4.99 Å². The van der Waals surface area contributed by atoms with Crippen LogP contribution in [0.3, 0.4) is 0 Å². The van der Waals surface area contributed by atoms with Gasteiger partial charge in [-0.2, -0.15) is 0 Å². The lowest BCUT2D eigenvalue weighted by atomic mass is 9.83. The van der Waals surface area contributed by atoms with Crippen LogP contribution in [0.15, 0.2) is 34.3 Å². The zero-order valence-electron chi connectivity index (χ0n) is 12.8. The maximum atomic E-state index is 14.1. The lowest BCUT2D eigenvalue weighted by molar-refractivity contribution is -0.122. The second kappa shape index (κ2) is 5.41. The minimum atomic E-state index is -0.396. The molecule has 4 rings (SSSR count). The minimum absolute atomic E-state index is 0.0561. The number of Topliss-reactive ketones (excluding diaryl/α,β-unsaturated/α-hetero) is 1. The number of aliphatic imine (C=N–C) groups is 1. The number of nitrogens with zero attached hydrogens (tertiary/aromatic N) is 2. The zero-order valence-corrected chi connectivity index (χ0v) is 12.8. The number of amides is 1. The number of rotatable bonds is 2. The summed E-state index contributed by atoms with van der Waals surface area (Å²) in [5, 5.41) is 0. The molecule has 0 saturated carbocycles. The van der Waals surface area contributed by atoms with Crippen molar-refractivity contribution in [1.82, 2.24) is 0 Å². The summed E-state index contributed by atoms with van der Waals surface area (Å²) in [4.78, 5) is 29.6. The van der Waals surface area contributed by atoms with E-state index in [1.54, 1.807) is 12.1 Å². The van der Waals surface area contributed by atoms with Gasteiger partial charge in [0.1, 0.15) is 12.4 Å². The second-order valence-corrected chi connectivity index (χ2v) is 6.21. The average molecular weight is 312 g/mol. The molecule has 3 aliphatic rings. The fourth-order valence-corrected chi connectivity index (χ4v) is 3.52. The number of halogens is 1. The number of carbonyl (C=O) groups is 2. The number of dihydropyridines is 1. The van der Waals surface area contributed by atoms with Crippen molar-refractivity contribution in [2.75, 3.05) is 18.0 Å². The Bertz CT molecular complexity index is 779. The first-order chi connectivity index (χ1) is 11.1. The highest BCUT2D eigenvalue weighted by Crippen LogP contribution is 2.33. The van der Waals surface area contributed by atoms with Crippen molar-refractivity contribution in [1.29, 1.82) is 0 Å². The Morgan fingerprint density at radius 2 is 1.83 bits per heavy atom. The van der Waals surface area contributed by atoms with Crippen LogP contribution in [-0.2, 0) is 9.59 Å². The Balaban J connectivity index is 1.76. The molecule has 0 aromatic heterocycles. The molecule has 1 amide bonds. The summed E-state index contributed by atoms with van der Waals surface area (Å²) in [7, 11) is 0. The highest BCUT2D eigenvalue weighted by atomic mass is 19.1. The molecular formula is C18H17FN2O2. The molecule has 2 heterocycles. The Morgan fingerprint density at radius 3 is 2.52 bits per heavy atom. The highest BCUT2D eigenvalue weighted by Gasteiger charge is 2.30. The van der Waals surface area contributed by atoms with E-state index in [1.807, 2.05) is 0 Å². The summed E-state index contributed by atoms with van der Waals surface area (Å²) in [6.45, 7) is 0.724. The van der Waals surface area contributed by atoms with Crippen LogP contribution in [0.4, 0.5) is 10.1 Å². The van der Waals surface area contributed by atoms with Crippen LogP contribution in [0.5, 0.6) is 0 Å². The molecule has 0 atom stereocenters. The monoisotopic (exact) mass is 312 g/mol. The molecule has 0 unspecified atom stereocenters. The van der Waals surface area contributed by atoms with Gasteiger partial charge in [0.2, 0.25) is 5.91 Å². The van der Waals surface area contributed by atoms with Crippen molar-refractivity contribution >= 4 is 23.1 Å². The predicted molar refractivity (Wildman–Crippen MR) is 85.3 cm³/mol. The molecule has 4 nitrogen and oxygen atoms in total. The van der Waals surface area contributed by atoms with E-state index in [0.29, 0.717) is 18.7 Å². The third-order valence-corrected chi connectivity index (χ3v) is 4.83. The Labute approximate surface area is 133 Å². The summed E-state index contributed by atoms with van der Waals surface area (Å²) in [5.74, 6) is -0.338. The molecule has 2 aliphatic heterocycles. The molecule has 23 heavy (non-hydrogen) atoms. The van der Waals surface area contributed by atoms with E-state index < -0.39 is 5.82 Å². The number of ketones is 1. The number of hydrogen-bond donors (Lipinski definition) is 0. The quantitative estimate of drug-likeness (QED) is 0.789. The number of β-lactam (4-membered cyclic amide) rings is 1. The maximum Gasteiger partial charge on any atom is 0.228 e. The van der Waals surface area contributed by atoms with Gasteiger partial charge in [-0.3, -0.25) is 14.6 Å². The summed E-state index contributed by atoms with van der Waals surface area (Å²) < 4.78 is 14.1. The maximum absolute atomic E-state index is 14.1. The van der Waals surface area contributed by atoms with Gasteiger partial charge >= 0.3 is 0 Å². The first kappa shape index (κ1) is 14.3. The van der Waals surface area contributed by atoms with Crippen molar-refractivity contribution in [3.8, 4) is 0 Å². The predicted octanol–water partition coefficient (Wildman–Crippen LogP) is 2.80. The molecule has 1 aliphatic carbocycles. The topological polar surface area (TPSA) is 49.7 Å². The van der Waals surface area contributed by atoms with Crippen LogP contribution in [0.25, 0.3) is 0 Å². The third-order valence-electron chi connectivity index (χ3n) is 4.83. The number of carbonyl (C=O) groups excluding carboxylic acids is 2. The molecule has 1 fully saturated rings. The highest BCUT2D eigenvalue weighted by molar-refractivity contribution is 6.20. The summed E-state index contributed by atoms with van der Waals surface area (Å²) >= 11 is 0. The number of anilines is 1. The number of hydrogen-bond acceptors (Lipinski definition) is 3. The van der Waals surface area contributed by atoms with Gasteiger partial charge in [0.15, 0.2) is 5.78 Å². The lowest BCUT2D eigenvalue weighted by Gasteiger charge is -2.31. The molecule has 118 valence electrons. The van der Waals surface area contributed by atoms with Gasteiger partial charge in [-0.05, 0) is 49.5 Å². The van der Waals surface area contributed by atoms with E-state index in [-0.39, 0.29) is 18.2 Å². The van der Waals surface area contributed by atoms with Crippen molar-refractivity contribution in [2.45, 2.75) is 32.1 Å². The van der Waals surface area contributed by atoms with E-state index in [4.69, 9.17) is 0 Å². The standard InChI is InChI=1S/C18H17FN2O2/c19-14-6-5-11(9-15(14)21-8-7-17(21)23)18-13-4-2-1-3-12(13)16(22)10-20-18/h5-6,9H,1-4,7-8,10H2. The van der Waals surface area contributed by atoms with Gasteiger partial charge < -0.3 is 4.90 Å². The Kier molecular flexibility index (Phi) is 3.36. The molecule has 0 spiro atoms. The molecule has 0 N–H and O–H groups in total. The largest absolute Gasteiger partial charge is 0.309 e. The van der Waals surface area contributed by atoms with Crippen molar-refractivity contribution in [2.24, 2.45) is 4.99 Å². The molecule has 5 heteroatoms. The molecule has 1 aromatic rings. The van der Waals surface area contributed by atoms with Crippen LogP contribution in [-0.4, -0.2) is 30.5 Å². The van der Waals surface area contributed by atoms with Gasteiger partial charge in [0, 0.05) is 24.1 Å². The fourth-order valence-electron chi connectivity index (χ4n) is 3.52. The van der Waals surface area contributed by atoms with Crippen LogP contribution in [0.2, 0.25) is 0 Å².